The molecule has 0 heterocycles. The van der Waals surface area contributed by atoms with Crippen molar-refractivity contribution in [2.45, 2.75) is 272 Å². The van der Waals surface area contributed by atoms with E-state index >= 15 is 0 Å². The Labute approximate surface area is 348 Å². The minimum absolute atomic E-state index is 0.0656. The van der Waals surface area contributed by atoms with E-state index in [4.69, 9.17) is 14.2 Å². The molecule has 0 N–H and O–H groups in total. The molecular weight excluding hydrogens is 697 g/mol. The van der Waals surface area contributed by atoms with Gasteiger partial charge in [0.25, 0.3) is 0 Å². The van der Waals surface area contributed by atoms with Gasteiger partial charge >= 0.3 is 17.9 Å². The lowest BCUT2D eigenvalue weighted by Crippen LogP contribution is -2.30. The second kappa shape index (κ2) is 41.6. The Kier molecular flexibility index (Phi) is 40.4. The molecule has 0 amide bonds. The number of ether oxygens (including phenoxy) is 3. The molecule has 0 aliphatic rings. The lowest BCUT2D eigenvalue weighted by Gasteiger charge is -2.18. The molecule has 332 valence electrons. The number of rotatable bonds is 43. The van der Waals surface area contributed by atoms with Crippen molar-refractivity contribution < 1.29 is 28.6 Å². The van der Waals surface area contributed by atoms with Crippen LogP contribution in [-0.2, 0) is 28.6 Å². The minimum atomic E-state index is -0.762. The highest BCUT2D eigenvalue weighted by Gasteiger charge is 2.19. The topological polar surface area (TPSA) is 78.9 Å². The molecule has 0 aliphatic heterocycles. The highest BCUT2D eigenvalue weighted by Crippen LogP contribution is 2.17. The Balaban J connectivity index is 4.32. The second-order valence-electron chi connectivity index (χ2n) is 18.5. The second-order valence-corrected chi connectivity index (χ2v) is 18.5. The molecule has 0 saturated carbocycles. The van der Waals surface area contributed by atoms with Gasteiger partial charge in [0.15, 0.2) is 6.10 Å². The summed E-state index contributed by atoms with van der Waals surface area (Å²) >= 11 is 0. The van der Waals surface area contributed by atoms with Gasteiger partial charge in [-0.15, -0.1) is 0 Å². The molecule has 0 aromatic carbocycles. The minimum Gasteiger partial charge on any atom is -0.462 e. The third-order valence-corrected chi connectivity index (χ3v) is 11.1. The zero-order chi connectivity index (χ0) is 41.3. The van der Waals surface area contributed by atoms with E-state index in [2.05, 4.69) is 41.5 Å². The van der Waals surface area contributed by atoms with Crippen LogP contribution in [0, 0.1) is 17.8 Å². The maximum atomic E-state index is 12.7. The van der Waals surface area contributed by atoms with Crippen LogP contribution in [0.2, 0.25) is 0 Å². The highest BCUT2D eigenvalue weighted by atomic mass is 16.6. The van der Waals surface area contributed by atoms with Crippen molar-refractivity contribution in [3.05, 3.63) is 0 Å². The van der Waals surface area contributed by atoms with Crippen LogP contribution >= 0.6 is 0 Å². The average Bonchev–Trinajstić information content (AvgIpc) is 3.15. The Morgan fingerprint density at radius 1 is 0.304 bits per heavy atom. The maximum absolute atomic E-state index is 12.7. The summed E-state index contributed by atoms with van der Waals surface area (Å²) in [6, 6.07) is 0. The van der Waals surface area contributed by atoms with E-state index in [1.165, 1.54) is 148 Å². The zero-order valence-corrected chi connectivity index (χ0v) is 38.4. The van der Waals surface area contributed by atoms with Crippen LogP contribution in [0.4, 0.5) is 0 Å². The fraction of sp³-hybridized carbons (Fsp3) is 0.940. The zero-order valence-electron chi connectivity index (χ0n) is 38.4. The highest BCUT2D eigenvalue weighted by molar-refractivity contribution is 5.71. The van der Waals surface area contributed by atoms with Crippen molar-refractivity contribution in [1.29, 1.82) is 0 Å². The Morgan fingerprint density at radius 2 is 0.518 bits per heavy atom. The van der Waals surface area contributed by atoms with Gasteiger partial charge in [-0.1, -0.05) is 228 Å². The smallest absolute Gasteiger partial charge is 0.306 e. The number of carbonyl (C=O) groups is 3. The van der Waals surface area contributed by atoms with Crippen LogP contribution in [0.5, 0.6) is 0 Å². The van der Waals surface area contributed by atoms with Crippen molar-refractivity contribution >= 4 is 17.9 Å². The van der Waals surface area contributed by atoms with Gasteiger partial charge in [-0.25, -0.2) is 0 Å². The molecule has 1 atom stereocenters. The fourth-order valence-corrected chi connectivity index (χ4v) is 7.41. The molecule has 6 nitrogen and oxygen atoms in total. The van der Waals surface area contributed by atoms with E-state index < -0.39 is 6.10 Å². The van der Waals surface area contributed by atoms with Gasteiger partial charge < -0.3 is 14.2 Å². The van der Waals surface area contributed by atoms with Crippen molar-refractivity contribution in [2.24, 2.45) is 17.8 Å². The van der Waals surface area contributed by atoms with Crippen LogP contribution < -0.4 is 0 Å². The number of hydrogen-bond acceptors (Lipinski definition) is 6. The van der Waals surface area contributed by atoms with Crippen molar-refractivity contribution in [2.75, 3.05) is 13.2 Å². The van der Waals surface area contributed by atoms with E-state index in [1.807, 2.05) is 0 Å². The number of esters is 3. The van der Waals surface area contributed by atoms with E-state index in [1.54, 1.807) is 0 Å². The molecular formula is C50H96O6. The van der Waals surface area contributed by atoms with Gasteiger partial charge in [-0.05, 0) is 37.0 Å². The van der Waals surface area contributed by atoms with Crippen LogP contribution in [0.1, 0.15) is 266 Å². The molecule has 0 unspecified atom stereocenters. The Hall–Kier alpha value is -1.59. The van der Waals surface area contributed by atoms with Crippen LogP contribution in [-0.4, -0.2) is 37.2 Å². The van der Waals surface area contributed by atoms with E-state index in [0.717, 1.165) is 75.5 Å². The summed E-state index contributed by atoms with van der Waals surface area (Å²) in [5.74, 6) is 1.57. The van der Waals surface area contributed by atoms with Crippen LogP contribution in [0.15, 0.2) is 0 Å². The third-order valence-electron chi connectivity index (χ3n) is 11.1. The molecule has 0 radical (unpaired) electrons. The first kappa shape index (κ1) is 54.4. The number of unbranched alkanes of at least 4 members (excludes halogenated alkanes) is 26. The van der Waals surface area contributed by atoms with Crippen LogP contribution in [0.25, 0.3) is 0 Å². The molecule has 56 heavy (non-hydrogen) atoms. The van der Waals surface area contributed by atoms with Crippen molar-refractivity contribution in [3.63, 3.8) is 0 Å². The Bertz CT molecular complexity index is 868. The van der Waals surface area contributed by atoms with Gasteiger partial charge in [0.1, 0.15) is 13.2 Å². The first-order chi connectivity index (χ1) is 27.1. The predicted molar refractivity (Wildman–Crippen MR) is 238 cm³/mol. The summed E-state index contributed by atoms with van der Waals surface area (Å²) in [7, 11) is 0. The summed E-state index contributed by atoms with van der Waals surface area (Å²) < 4.78 is 16.8. The molecule has 0 bridgehead atoms. The largest absolute Gasteiger partial charge is 0.462 e. The van der Waals surface area contributed by atoms with Gasteiger partial charge in [0, 0.05) is 19.3 Å². The predicted octanol–water partition coefficient (Wildman–Crippen LogP) is 15.6. The van der Waals surface area contributed by atoms with E-state index in [9.17, 15) is 14.4 Å². The molecule has 6 heteroatoms. The fourth-order valence-electron chi connectivity index (χ4n) is 7.41. The maximum Gasteiger partial charge on any atom is 0.306 e. The molecule has 0 aliphatic carbocycles. The Morgan fingerprint density at radius 3 is 0.768 bits per heavy atom. The number of hydrogen-bond donors (Lipinski definition) is 0. The average molecular weight is 793 g/mol. The van der Waals surface area contributed by atoms with Gasteiger partial charge in [-0.3, -0.25) is 14.4 Å². The molecule has 0 saturated heterocycles. The SMILES string of the molecule is CC(C)CCCCCCCCCCCCCC(=O)OC[C@@H](COC(=O)CCCCCCCCCC(C)C)OC(=O)CCCCCCCCCCCCCC(C)C. The molecule has 0 spiro atoms. The summed E-state index contributed by atoms with van der Waals surface area (Å²) in [5, 5.41) is 0. The monoisotopic (exact) mass is 793 g/mol. The third kappa shape index (κ3) is 43.5. The van der Waals surface area contributed by atoms with Crippen molar-refractivity contribution in [1.82, 2.24) is 0 Å². The standard InChI is InChI=1S/C50H96O6/c1-44(2)36-30-24-18-13-9-7-11-15-21-27-33-39-48(51)54-42-47(43-55-49(52)40-34-28-23-17-20-26-32-38-46(5)6)56-50(53)41-35-29-22-16-12-8-10-14-19-25-31-37-45(3)4/h44-47H,7-43H2,1-6H3/t47-/m0/s1. The van der Waals surface area contributed by atoms with Gasteiger partial charge in [-0.2, -0.15) is 0 Å². The molecule has 0 fully saturated rings. The lowest BCUT2D eigenvalue weighted by molar-refractivity contribution is -0.167. The van der Waals surface area contributed by atoms with E-state index in [0.29, 0.717) is 19.3 Å². The summed E-state index contributed by atoms with van der Waals surface area (Å²) in [6.45, 7) is 13.6. The summed E-state index contributed by atoms with van der Waals surface area (Å²) in [5.41, 5.74) is 0. The van der Waals surface area contributed by atoms with Crippen LogP contribution in [0.3, 0.4) is 0 Å². The normalized spacial score (nSPS) is 12.2. The first-order valence-electron chi connectivity index (χ1n) is 24.6. The number of carbonyl (C=O) groups excluding carboxylic acids is 3. The lowest BCUT2D eigenvalue weighted by atomic mass is 10.0. The van der Waals surface area contributed by atoms with Gasteiger partial charge in [0.2, 0.25) is 0 Å². The molecule has 0 aromatic heterocycles. The van der Waals surface area contributed by atoms with Crippen molar-refractivity contribution in [3.8, 4) is 0 Å². The summed E-state index contributed by atoms with van der Waals surface area (Å²) in [4.78, 5) is 37.8. The van der Waals surface area contributed by atoms with E-state index in [-0.39, 0.29) is 31.1 Å². The molecule has 0 aromatic rings. The summed E-state index contributed by atoms with van der Waals surface area (Å²) in [6.07, 6.45) is 39.5. The van der Waals surface area contributed by atoms with Gasteiger partial charge in [0.05, 0.1) is 0 Å². The first-order valence-corrected chi connectivity index (χ1v) is 24.6. The quantitative estimate of drug-likeness (QED) is 0.0348. The molecule has 0 rings (SSSR count).